The van der Waals surface area contributed by atoms with Gasteiger partial charge in [-0.1, -0.05) is 24.3 Å². The van der Waals surface area contributed by atoms with Crippen molar-refractivity contribution in [1.82, 2.24) is 21.3 Å². The van der Waals surface area contributed by atoms with Gasteiger partial charge in [0, 0.05) is 12.1 Å². The second-order valence-corrected chi connectivity index (χ2v) is 11.3. The highest BCUT2D eigenvalue weighted by Gasteiger charge is 2.12. The van der Waals surface area contributed by atoms with Crippen LogP contribution in [0.15, 0.2) is 24.3 Å². The Labute approximate surface area is 246 Å². The molecule has 0 aliphatic carbocycles. The monoisotopic (exact) mass is 563 g/mol. The van der Waals surface area contributed by atoms with Crippen LogP contribution in [0.1, 0.15) is 88.2 Å². The van der Waals surface area contributed by atoms with Gasteiger partial charge in [0.2, 0.25) is 0 Å². The Kier molecular flexibility index (Phi) is 25.9. The summed E-state index contributed by atoms with van der Waals surface area (Å²) in [6, 6.07) is 10.2. The fraction of sp³-hybridized carbons (Fsp3) is 0.812. The number of nitrogens with one attached hydrogen (secondary N) is 4. The molecule has 0 aliphatic heterocycles. The molecule has 1 rings (SSSR count). The van der Waals surface area contributed by atoms with Crippen LogP contribution in [0.5, 0.6) is 0 Å². The fourth-order valence-electron chi connectivity index (χ4n) is 5.13. The standard InChI is InChI=1S/C32H66N8/c33-16-1-3-20-37-22-5-7-24-39-31(14-10-18-35)27-29-12-9-13-30(26-29)28-32(15-11-19-36)40-25-8-6-23-38-21-4-2-17-34/h9,12-13,26,31-32,37-40H,1-8,10-11,14-25,27-28,33-36H2. The molecule has 234 valence electrons. The molecule has 40 heavy (non-hydrogen) atoms. The number of hydrogen-bond acceptors (Lipinski definition) is 8. The maximum absolute atomic E-state index is 5.86. The number of unbranched alkanes of at least 4 members (excludes halogenated alkanes) is 4. The third-order valence-corrected chi connectivity index (χ3v) is 7.51. The molecule has 8 nitrogen and oxygen atoms in total. The van der Waals surface area contributed by atoms with Gasteiger partial charge in [-0.25, -0.2) is 0 Å². The van der Waals surface area contributed by atoms with Crippen molar-refractivity contribution < 1.29 is 0 Å². The third-order valence-electron chi connectivity index (χ3n) is 7.51. The number of benzene rings is 1. The average Bonchev–Trinajstić information content (AvgIpc) is 2.96. The van der Waals surface area contributed by atoms with Gasteiger partial charge in [0.15, 0.2) is 0 Å². The molecule has 1 aromatic rings. The van der Waals surface area contributed by atoms with E-state index in [-0.39, 0.29) is 0 Å². The molecule has 0 amide bonds. The van der Waals surface area contributed by atoms with Gasteiger partial charge in [-0.15, -0.1) is 0 Å². The highest BCUT2D eigenvalue weighted by Crippen LogP contribution is 2.14. The quantitative estimate of drug-likeness (QED) is 0.0666. The molecule has 0 aromatic heterocycles. The van der Waals surface area contributed by atoms with Crippen LogP contribution < -0.4 is 44.2 Å². The molecule has 12 N–H and O–H groups in total. The molecule has 0 aliphatic rings. The Morgan fingerprint density at radius 3 is 1.25 bits per heavy atom. The van der Waals surface area contributed by atoms with E-state index in [1.54, 1.807) is 0 Å². The van der Waals surface area contributed by atoms with Crippen molar-refractivity contribution >= 4 is 0 Å². The Bertz CT molecular complexity index is 608. The summed E-state index contributed by atoms with van der Waals surface area (Å²) in [6.07, 6.45) is 15.9. The van der Waals surface area contributed by atoms with Crippen molar-refractivity contribution in [3.8, 4) is 0 Å². The molecule has 0 bridgehead atoms. The molecule has 1 aromatic carbocycles. The van der Waals surface area contributed by atoms with Crippen molar-refractivity contribution in [2.45, 2.75) is 102 Å². The zero-order valence-corrected chi connectivity index (χ0v) is 25.7. The van der Waals surface area contributed by atoms with Gasteiger partial charge in [0.25, 0.3) is 0 Å². The van der Waals surface area contributed by atoms with E-state index in [0.717, 1.165) is 117 Å². The first-order chi connectivity index (χ1) is 19.7. The Morgan fingerprint density at radius 2 is 0.850 bits per heavy atom. The summed E-state index contributed by atoms with van der Waals surface area (Å²) in [5.41, 5.74) is 25.7. The lowest BCUT2D eigenvalue weighted by Gasteiger charge is -2.21. The first-order valence-electron chi connectivity index (χ1n) is 16.5. The Balaban J connectivity index is 2.45. The molecule has 0 saturated heterocycles. The lowest BCUT2D eigenvalue weighted by atomic mass is 9.96. The van der Waals surface area contributed by atoms with Gasteiger partial charge in [-0.05, 0) is 166 Å². The number of nitrogens with two attached hydrogens (primary N) is 4. The predicted octanol–water partition coefficient (Wildman–Crippen LogP) is 2.38. The van der Waals surface area contributed by atoms with E-state index in [1.807, 2.05) is 0 Å². The first kappa shape index (κ1) is 36.9. The number of rotatable bonds is 30. The Morgan fingerprint density at radius 1 is 0.475 bits per heavy atom. The summed E-state index contributed by atoms with van der Waals surface area (Å²) < 4.78 is 0. The van der Waals surface area contributed by atoms with Gasteiger partial charge < -0.3 is 44.2 Å². The van der Waals surface area contributed by atoms with Crippen LogP contribution >= 0.6 is 0 Å². The summed E-state index contributed by atoms with van der Waals surface area (Å²) in [5.74, 6) is 0. The smallest absolute Gasteiger partial charge is 0.0108 e. The van der Waals surface area contributed by atoms with E-state index in [9.17, 15) is 0 Å². The Hall–Kier alpha value is -1.10. The van der Waals surface area contributed by atoms with Crippen LogP contribution in [-0.4, -0.2) is 77.5 Å². The fourth-order valence-corrected chi connectivity index (χ4v) is 5.13. The van der Waals surface area contributed by atoms with Gasteiger partial charge >= 0.3 is 0 Å². The molecule has 8 heteroatoms. The minimum atomic E-state index is 0.478. The summed E-state index contributed by atoms with van der Waals surface area (Å²) in [7, 11) is 0. The summed E-state index contributed by atoms with van der Waals surface area (Å²) in [4.78, 5) is 0. The van der Waals surface area contributed by atoms with Crippen LogP contribution in [0.4, 0.5) is 0 Å². The van der Waals surface area contributed by atoms with Crippen LogP contribution in [0.3, 0.4) is 0 Å². The van der Waals surface area contributed by atoms with Gasteiger partial charge in [-0.2, -0.15) is 0 Å². The molecule has 2 unspecified atom stereocenters. The highest BCUT2D eigenvalue weighted by atomic mass is 14.9. The zero-order chi connectivity index (χ0) is 28.9. The van der Waals surface area contributed by atoms with Crippen molar-refractivity contribution in [3.05, 3.63) is 35.4 Å². The summed E-state index contributed by atoms with van der Waals surface area (Å²) in [6.45, 7) is 9.56. The zero-order valence-electron chi connectivity index (χ0n) is 25.7. The third kappa shape index (κ3) is 21.6. The minimum absolute atomic E-state index is 0.478. The maximum Gasteiger partial charge on any atom is 0.0108 e. The lowest BCUT2D eigenvalue weighted by molar-refractivity contribution is 0.451. The molecule has 0 heterocycles. The first-order valence-corrected chi connectivity index (χ1v) is 16.5. The highest BCUT2D eigenvalue weighted by molar-refractivity contribution is 5.25. The molecular formula is C32H66N8. The van der Waals surface area contributed by atoms with Crippen molar-refractivity contribution in [2.24, 2.45) is 22.9 Å². The average molecular weight is 563 g/mol. The van der Waals surface area contributed by atoms with Crippen LogP contribution in [0, 0.1) is 0 Å². The van der Waals surface area contributed by atoms with Gasteiger partial charge in [0.05, 0.1) is 0 Å². The van der Waals surface area contributed by atoms with Crippen molar-refractivity contribution in [2.75, 3.05) is 65.4 Å². The normalized spacial score (nSPS) is 13.1. The second kappa shape index (κ2) is 28.0. The van der Waals surface area contributed by atoms with E-state index in [2.05, 4.69) is 45.5 Å². The molecule has 0 saturated carbocycles. The molecular weight excluding hydrogens is 496 g/mol. The molecule has 2 atom stereocenters. The second-order valence-electron chi connectivity index (χ2n) is 11.3. The lowest BCUT2D eigenvalue weighted by Crippen LogP contribution is -2.33. The molecule has 0 radical (unpaired) electrons. The van der Waals surface area contributed by atoms with E-state index < -0.39 is 0 Å². The van der Waals surface area contributed by atoms with Crippen LogP contribution in [-0.2, 0) is 12.8 Å². The van der Waals surface area contributed by atoms with Crippen molar-refractivity contribution in [1.29, 1.82) is 0 Å². The topological polar surface area (TPSA) is 152 Å². The minimum Gasteiger partial charge on any atom is -0.330 e. The van der Waals surface area contributed by atoms with E-state index >= 15 is 0 Å². The van der Waals surface area contributed by atoms with Crippen molar-refractivity contribution in [3.63, 3.8) is 0 Å². The number of hydrogen-bond donors (Lipinski definition) is 8. The maximum atomic E-state index is 5.86. The largest absolute Gasteiger partial charge is 0.330 e. The van der Waals surface area contributed by atoms with Crippen LogP contribution in [0.2, 0.25) is 0 Å². The molecule has 0 spiro atoms. The van der Waals surface area contributed by atoms with Gasteiger partial charge in [-0.3, -0.25) is 0 Å². The molecule has 0 fully saturated rings. The SMILES string of the molecule is NCCCCNCCCCNC(CCCN)Cc1cccc(CC(CCCN)NCCCCNCCCCN)c1. The summed E-state index contributed by atoms with van der Waals surface area (Å²) >= 11 is 0. The summed E-state index contributed by atoms with van der Waals surface area (Å²) in [5, 5.41) is 14.7. The van der Waals surface area contributed by atoms with E-state index in [0.29, 0.717) is 12.1 Å². The van der Waals surface area contributed by atoms with E-state index in [4.69, 9.17) is 22.9 Å². The predicted molar refractivity (Wildman–Crippen MR) is 175 cm³/mol. The van der Waals surface area contributed by atoms with Gasteiger partial charge in [0.1, 0.15) is 0 Å². The van der Waals surface area contributed by atoms with E-state index in [1.165, 1.54) is 49.7 Å². The van der Waals surface area contributed by atoms with Crippen LogP contribution in [0.25, 0.3) is 0 Å².